The molecule has 2 saturated heterocycles. The summed E-state index contributed by atoms with van der Waals surface area (Å²) in [6.45, 7) is 6.74. The average Bonchev–Trinajstić information content (AvgIpc) is 2.59. The lowest BCUT2D eigenvalue weighted by atomic mass is 9.82. The Hall–Kier alpha value is -0.830. The molecule has 0 N–H and O–H groups in total. The molecule has 2 rings (SSSR count). The molecule has 3 nitrogen and oxygen atoms in total. The van der Waals surface area contributed by atoms with Crippen LogP contribution in [0.4, 0.5) is 0 Å². The molecule has 3 atom stereocenters. The van der Waals surface area contributed by atoms with Crippen LogP contribution in [-0.4, -0.2) is 36.1 Å². The fourth-order valence-corrected chi connectivity index (χ4v) is 2.83. The molecular weight excluding hydrogens is 178 g/mol. The number of carbonyl (C=O) groups excluding carboxylic acids is 1. The van der Waals surface area contributed by atoms with Gasteiger partial charge in [0.2, 0.25) is 0 Å². The second-order valence-corrected chi connectivity index (χ2v) is 4.40. The van der Waals surface area contributed by atoms with E-state index in [1.165, 1.54) is 0 Å². The Morgan fingerprint density at radius 1 is 1.71 bits per heavy atom. The van der Waals surface area contributed by atoms with Crippen molar-refractivity contribution in [1.82, 2.24) is 4.90 Å². The van der Waals surface area contributed by atoms with Crippen molar-refractivity contribution < 1.29 is 9.53 Å². The first kappa shape index (κ1) is 9.71. The van der Waals surface area contributed by atoms with Crippen LogP contribution in [0.15, 0.2) is 12.7 Å². The summed E-state index contributed by atoms with van der Waals surface area (Å²) in [5.41, 5.74) is -0.402. The number of ether oxygens (including phenoxy) is 1. The Bertz CT molecular complexity index is 276. The maximum Gasteiger partial charge on any atom is 0.327 e. The molecule has 2 heterocycles. The van der Waals surface area contributed by atoms with Crippen molar-refractivity contribution in [2.24, 2.45) is 5.92 Å². The van der Waals surface area contributed by atoms with Crippen LogP contribution in [0, 0.1) is 5.92 Å². The summed E-state index contributed by atoms with van der Waals surface area (Å²) in [6, 6.07) is 0. The van der Waals surface area contributed by atoms with Crippen LogP contribution in [0.25, 0.3) is 0 Å². The predicted octanol–water partition coefficient (Wildman–Crippen LogP) is 1.20. The summed E-state index contributed by atoms with van der Waals surface area (Å²) in [5, 5.41) is 0. The van der Waals surface area contributed by atoms with Crippen molar-refractivity contribution >= 4 is 5.97 Å². The smallest absolute Gasteiger partial charge is 0.327 e. The minimum atomic E-state index is -0.402. The maximum absolute atomic E-state index is 11.9. The fraction of sp³-hybridized carbons (Fsp3) is 0.727. The zero-order valence-electron chi connectivity index (χ0n) is 8.82. The molecule has 14 heavy (non-hydrogen) atoms. The molecule has 2 fully saturated rings. The molecule has 2 aliphatic rings. The quantitative estimate of drug-likeness (QED) is 0.465. The van der Waals surface area contributed by atoms with E-state index in [9.17, 15) is 4.79 Å². The Kier molecular flexibility index (Phi) is 2.14. The second-order valence-electron chi connectivity index (χ2n) is 4.40. The van der Waals surface area contributed by atoms with E-state index in [-0.39, 0.29) is 18.0 Å². The highest BCUT2D eigenvalue weighted by Gasteiger charge is 2.57. The minimum Gasteiger partial charge on any atom is -0.461 e. The molecule has 1 unspecified atom stereocenters. The summed E-state index contributed by atoms with van der Waals surface area (Å²) in [7, 11) is 2.00. The number of likely N-dealkylation sites (tertiary alicyclic amines) is 1. The molecule has 0 aromatic carbocycles. The number of cyclic esters (lactones) is 1. The van der Waals surface area contributed by atoms with Crippen LogP contribution in [0.3, 0.4) is 0 Å². The third-order valence-electron chi connectivity index (χ3n) is 3.61. The molecule has 0 radical (unpaired) electrons. The van der Waals surface area contributed by atoms with Gasteiger partial charge in [-0.1, -0.05) is 6.08 Å². The van der Waals surface area contributed by atoms with Gasteiger partial charge in [0.25, 0.3) is 0 Å². The summed E-state index contributed by atoms with van der Waals surface area (Å²) in [6.07, 6.45) is 3.77. The number of nitrogens with zero attached hydrogens (tertiary/aromatic N) is 1. The summed E-state index contributed by atoms with van der Waals surface area (Å²) < 4.78 is 5.27. The normalized spacial score (nSPS) is 43.1. The predicted molar refractivity (Wildman–Crippen MR) is 53.8 cm³/mol. The SMILES string of the molecule is C=C[C@@H]1CCN(C)[C@@]12CC(C)OC2=O. The largest absolute Gasteiger partial charge is 0.461 e. The first-order chi connectivity index (χ1) is 6.61. The van der Waals surface area contributed by atoms with Crippen molar-refractivity contribution in [3.63, 3.8) is 0 Å². The summed E-state index contributed by atoms with van der Waals surface area (Å²) in [5.74, 6) is 0.194. The molecule has 3 heteroatoms. The van der Waals surface area contributed by atoms with E-state index < -0.39 is 5.54 Å². The molecule has 0 saturated carbocycles. The van der Waals surface area contributed by atoms with E-state index in [0.717, 1.165) is 19.4 Å². The van der Waals surface area contributed by atoms with E-state index >= 15 is 0 Å². The highest BCUT2D eigenvalue weighted by atomic mass is 16.6. The molecule has 0 amide bonds. The van der Waals surface area contributed by atoms with Crippen LogP contribution in [0.5, 0.6) is 0 Å². The third-order valence-corrected chi connectivity index (χ3v) is 3.61. The van der Waals surface area contributed by atoms with Gasteiger partial charge in [0.15, 0.2) is 0 Å². The van der Waals surface area contributed by atoms with Gasteiger partial charge in [-0.2, -0.15) is 0 Å². The fourth-order valence-electron chi connectivity index (χ4n) is 2.83. The molecule has 0 aliphatic carbocycles. The first-order valence-electron chi connectivity index (χ1n) is 5.16. The molecule has 1 spiro atoms. The Morgan fingerprint density at radius 2 is 2.43 bits per heavy atom. The molecule has 0 aromatic rings. The van der Waals surface area contributed by atoms with Crippen molar-refractivity contribution in [3.8, 4) is 0 Å². The lowest BCUT2D eigenvalue weighted by Gasteiger charge is -2.31. The molecule has 2 aliphatic heterocycles. The highest BCUT2D eigenvalue weighted by molar-refractivity contribution is 5.84. The molecule has 0 aromatic heterocycles. The van der Waals surface area contributed by atoms with Crippen LogP contribution in [0.2, 0.25) is 0 Å². The Balaban J connectivity index is 2.36. The van der Waals surface area contributed by atoms with Gasteiger partial charge in [0.1, 0.15) is 11.6 Å². The lowest BCUT2D eigenvalue weighted by molar-refractivity contribution is -0.149. The van der Waals surface area contributed by atoms with Crippen molar-refractivity contribution in [1.29, 1.82) is 0 Å². The van der Waals surface area contributed by atoms with Gasteiger partial charge in [-0.15, -0.1) is 6.58 Å². The Labute approximate surface area is 84.7 Å². The van der Waals surface area contributed by atoms with Crippen molar-refractivity contribution in [2.75, 3.05) is 13.6 Å². The molecule has 0 bridgehead atoms. The van der Waals surface area contributed by atoms with E-state index in [0.29, 0.717) is 0 Å². The van der Waals surface area contributed by atoms with E-state index in [1.807, 2.05) is 20.0 Å². The zero-order chi connectivity index (χ0) is 10.3. The van der Waals surface area contributed by atoms with Gasteiger partial charge >= 0.3 is 5.97 Å². The zero-order valence-corrected chi connectivity index (χ0v) is 8.82. The number of esters is 1. The van der Waals surface area contributed by atoms with Gasteiger partial charge in [-0.05, 0) is 26.9 Å². The number of rotatable bonds is 1. The highest BCUT2D eigenvalue weighted by Crippen LogP contribution is 2.43. The summed E-state index contributed by atoms with van der Waals surface area (Å²) in [4.78, 5) is 14.0. The van der Waals surface area contributed by atoms with Crippen LogP contribution >= 0.6 is 0 Å². The average molecular weight is 195 g/mol. The van der Waals surface area contributed by atoms with Crippen LogP contribution in [0.1, 0.15) is 19.8 Å². The third kappa shape index (κ3) is 1.05. The van der Waals surface area contributed by atoms with Crippen molar-refractivity contribution in [2.45, 2.75) is 31.4 Å². The van der Waals surface area contributed by atoms with Crippen molar-refractivity contribution in [3.05, 3.63) is 12.7 Å². The number of carbonyl (C=O) groups is 1. The van der Waals surface area contributed by atoms with Gasteiger partial charge in [-0.25, -0.2) is 0 Å². The van der Waals surface area contributed by atoms with Crippen LogP contribution in [-0.2, 0) is 9.53 Å². The molecular formula is C11H17NO2. The monoisotopic (exact) mass is 195 g/mol. The minimum absolute atomic E-state index is 0.0468. The number of hydrogen-bond acceptors (Lipinski definition) is 3. The van der Waals surface area contributed by atoms with Gasteiger partial charge < -0.3 is 4.74 Å². The standard InChI is InChI=1S/C11H17NO2/c1-4-9-5-6-12(3)11(9)7-8(2)14-10(11)13/h4,8-9H,1,5-7H2,2-3H3/t8?,9-,11+/m1/s1. The van der Waals surface area contributed by atoms with E-state index in [1.54, 1.807) is 0 Å². The first-order valence-corrected chi connectivity index (χ1v) is 5.16. The second kappa shape index (κ2) is 3.09. The summed E-state index contributed by atoms with van der Waals surface area (Å²) >= 11 is 0. The Morgan fingerprint density at radius 3 is 2.93 bits per heavy atom. The lowest BCUT2D eigenvalue weighted by Crippen LogP contribution is -2.49. The van der Waals surface area contributed by atoms with Gasteiger partial charge in [0, 0.05) is 12.3 Å². The topological polar surface area (TPSA) is 29.5 Å². The maximum atomic E-state index is 11.9. The number of likely N-dealkylation sites (N-methyl/N-ethyl adjacent to an activating group) is 1. The van der Waals surface area contributed by atoms with E-state index in [4.69, 9.17) is 4.74 Å². The molecule has 78 valence electrons. The number of hydrogen-bond donors (Lipinski definition) is 0. The van der Waals surface area contributed by atoms with Gasteiger partial charge in [-0.3, -0.25) is 9.69 Å². The van der Waals surface area contributed by atoms with Gasteiger partial charge in [0.05, 0.1) is 0 Å². The van der Waals surface area contributed by atoms with Crippen LogP contribution < -0.4 is 0 Å². The van der Waals surface area contributed by atoms with E-state index in [2.05, 4.69) is 11.5 Å².